The summed E-state index contributed by atoms with van der Waals surface area (Å²) in [6, 6.07) is 5.25. The van der Waals surface area contributed by atoms with Crippen molar-refractivity contribution >= 4 is 17.3 Å². The Bertz CT molecular complexity index is 443. The molecule has 3 N–H and O–H groups in total. The van der Waals surface area contributed by atoms with Gasteiger partial charge in [-0.15, -0.1) is 0 Å². The van der Waals surface area contributed by atoms with Crippen molar-refractivity contribution in [3.8, 4) is 11.4 Å². The van der Waals surface area contributed by atoms with E-state index in [0.717, 1.165) is 11.4 Å². The Morgan fingerprint density at radius 1 is 1.36 bits per heavy atom. The zero-order chi connectivity index (χ0) is 10.1. The smallest absolute Gasteiger partial charge is 0.181 e. The fourth-order valence-corrected chi connectivity index (χ4v) is 1.46. The first-order chi connectivity index (χ1) is 6.65. The van der Waals surface area contributed by atoms with E-state index in [9.17, 15) is 0 Å². The number of nitrogens with two attached hydrogens (primary N) is 1. The van der Waals surface area contributed by atoms with Gasteiger partial charge in [-0.05, 0) is 25.1 Å². The van der Waals surface area contributed by atoms with Gasteiger partial charge in [0, 0.05) is 16.3 Å². The number of nitrogens with zero attached hydrogens (tertiary/aromatic N) is 2. The standard InChI is InChI=1S/C9H9ClN4/c1-5-12-9(14-13-5)6-2-7(10)4-8(11)3-6/h2-4H,11H2,1H3,(H,12,13,14). The van der Waals surface area contributed by atoms with Gasteiger partial charge in [0.2, 0.25) is 0 Å². The average molecular weight is 209 g/mol. The van der Waals surface area contributed by atoms with Crippen LogP contribution < -0.4 is 5.73 Å². The maximum absolute atomic E-state index is 5.86. The monoisotopic (exact) mass is 208 g/mol. The Balaban J connectivity index is 2.51. The lowest BCUT2D eigenvalue weighted by molar-refractivity contribution is 1.04. The molecular formula is C9H9ClN4. The summed E-state index contributed by atoms with van der Waals surface area (Å²) < 4.78 is 0. The molecule has 5 heteroatoms. The molecule has 0 unspecified atom stereocenters. The molecular weight excluding hydrogens is 200 g/mol. The number of rotatable bonds is 1. The van der Waals surface area contributed by atoms with Crippen molar-refractivity contribution in [2.45, 2.75) is 6.92 Å². The molecule has 0 atom stereocenters. The van der Waals surface area contributed by atoms with Gasteiger partial charge in [-0.1, -0.05) is 11.6 Å². The van der Waals surface area contributed by atoms with Gasteiger partial charge in [-0.2, -0.15) is 5.10 Å². The quantitative estimate of drug-likeness (QED) is 0.705. The van der Waals surface area contributed by atoms with Gasteiger partial charge in [0.05, 0.1) is 0 Å². The van der Waals surface area contributed by atoms with Crippen LogP contribution in [0.1, 0.15) is 5.82 Å². The highest BCUT2D eigenvalue weighted by Gasteiger charge is 2.05. The lowest BCUT2D eigenvalue weighted by Crippen LogP contribution is -1.87. The molecule has 2 aromatic rings. The van der Waals surface area contributed by atoms with Gasteiger partial charge in [0.1, 0.15) is 5.82 Å². The van der Waals surface area contributed by atoms with Crippen LogP contribution >= 0.6 is 11.6 Å². The minimum atomic E-state index is 0.586. The zero-order valence-corrected chi connectivity index (χ0v) is 8.34. The van der Waals surface area contributed by atoms with Crippen LogP contribution in [0.4, 0.5) is 5.69 Å². The highest BCUT2D eigenvalue weighted by atomic mass is 35.5. The van der Waals surface area contributed by atoms with Crippen molar-refractivity contribution in [1.82, 2.24) is 15.2 Å². The average Bonchev–Trinajstić information content (AvgIpc) is 2.50. The molecule has 72 valence electrons. The Labute approximate surface area is 86.1 Å². The Morgan fingerprint density at radius 3 is 2.71 bits per heavy atom. The van der Waals surface area contributed by atoms with Crippen molar-refractivity contribution in [2.24, 2.45) is 0 Å². The first kappa shape index (κ1) is 9.02. The van der Waals surface area contributed by atoms with E-state index < -0.39 is 0 Å². The minimum Gasteiger partial charge on any atom is -0.399 e. The summed E-state index contributed by atoms with van der Waals surface area (Å²) in [6.07, 6.45) is 0. The summed E-state index contributed by atoms with van der Waals surface area (Å²) in [4.78, 5) is 4.18. The molecule has 0 aliphatic heterocycles. The molecule has 0 fully saturated rings. The Kier molecular flexibility index (Phi) is 2.13. The van der Waals surface area contributed by atoms with Gasteiger partial charge in [0.15, 0.2) is 5.82 Å². The minimum absolute atomic E-state index is 0.586. The van der Waals surface area contributed by atoms with Crippen LogP contribution in [0.15, 0.2) is 18.2 Å². The van der Waals surface area contributed by atoms with Crippen molar-refractivity contribution in [1.29, 1.82) is 0 Å². The predicted molar refractivity (Wildman–Crippen MR) is 56.0 cm³/mol. The second-order valence-corrected chi connectivity index (χ2v) is 3.45. The van der Waals surface area contributed by atoms with Crippen molar-refractivity contribution in [3.05, 3.63) is 29.0 Å². The first-order valence-corrected chi connectivity index (χ1v) is 4.48. The number of hydrogen-bond donors (Lipinski definition) is 2. The van der Waals surface area contributed by atoms with Crippen LogP contribution in [-0.2, 0) is 0 Å². The molecule has 14 heavy (non-hydrogen) atoms. The van der Waals surface area contributed by atoms with Crippen LogP contribution in [0.2, 0.25) is 5.02 Å². The highest BCUT2D eigenvalue weighted by Crippen LogP contribution is 2.23. The molecule has 2 rings (SSSR count). The molecule has 0 bridgehead atoms. The van der Waals surface area contributed by atoms with Gasteiger partial charge >= 0.3 is 0 Å². The number of H-pyrrole nitrogens is 1. The van der Waals surface area contributed by atoms with E-state index in [0.29, 0.717) is 16.5 Å². The fraction of sp³-hybridized carbons (Fsp3) is 0.111. The second kappa shape index (κ2) is 3.31. The van der Waals surface area contributed by atoms with Crippen molar-refractivity contribution < 1.29 is 0 Å². The van der Waals surface area contributed by atoms with Crippen LogP contribution in [-0.4, -0.2) is 15.2 Å². The van der Waals surface area contributed by atoms with Crippen molar-refractivity contribution in [3.63, 3.8) is 0 Å². The van der Waals surface area contributed by atoms with Crippen molar-refractivity contribution in [2.75, 3.05) is 5.73 Å². The third kappa shape index (κ3) is 1.70. The SMILES string of the molecule is Cc1nc(-c2cc(N)cc(Cl)c2)n[nH]1. The van der Waals surface area contributed by atoms with Gasteiger partial charge in [-0.3, -0.25) is 5.10 Å². The van der Waals surface area contributed by atoms with E-state index in [4.69, 9.17) is 17.3 Å². The summed E-state index contributed by atoms with van der Waals surface area (Å²) in [7, 11) is 0. The summed E-state index contributed by atoms with van der Waals surface area (Å²) in [5, 5.41) is 7.36. The molecule has 1 aromatic carbocycles. The second-order valence-electron chi connectivity index (χ2n) is 3.02. The molecule has 0 saturated heterocycles. The number of benzene rings is 1. The number of aryl methyl sites for hydroxylation is 1. The fourth-order valence-electron chi connectivity index (χ4n) is 1.21. The summed E-state index contributed by atoms with van der Waals surface area (Å²) in [6.45, 7) is 1.84. The van der Waals surface area contributed by atoms with E-state index >= 15 is 0 Å². The molecule has 0 aliphatic rings. The van der Waals surface area contributed by atoms with Gasteiger partial charge in [-0.25, -0.2) is 4.98 Å². The maximum Gasteiger partial charge on any atom is 0.181 e. The number of halogens is 1. The maximum atomic E-state index is 5.86. The third-order valence-corrected chi connectivity index (χ3v) is 1.99. The number of nitrogen functional groups attached to an aromatic ring is 1. The van der Waals surface area contributed by atoms with E-state index in [1.165, 1.54) is 0 Å². The van der Waals surface area contributed by atoms with Crippen LogP contribution in [0, 0.1) is 6.92 Å². The molecule has 1 aromatic heterocycles. The summed E-state index contributed by atoms with van der Waals surface area (Å²) in [5.74, 6) is 1.37. The molecule has 0 saturated carbocycles. The highest BCUT2D eigenvalue weighted by molar-refractivity contribution is 6.31. The number of anilines is 1. The molecule has 0 aliphatic carbocycles. The lowest BCUT2D eigenvalue weighted by atomic mass is 10.2. The molecule has 0 radical (unpaired) electrons. The zero-order valence-electron chi connectivity index (χ0n) is 7.58. The summed E-state index contributed by atoms with van der Waals surface area (Å²) >= 11 is 5.86. The van der Waals surface area contributed by atoms with Crippen LogP contribution in [0.25, 0.3) is 11.4 Å². The predicted octanol–water partition coefficient (Wildman–Crippen LogP) is 2.02. The lowest BCUT2D eigenvalue weighted by Gasteiger charge is -1.98. The molecule has 4 nitrogen and oxygen atoms in total. The largest absolute Gasteiger partial charge is 0.399 e. The first-order valence-electron chi connectivity index (χ1n) is 4.10. The molecule has 0 amide bonds. The van der Waals surface area contributed by atoms with Crippen LogP contribution in [0.5, 0.6) is 0 Å². The molecule has 1 heterocycles. The van der Waals surface area contributed by atoms with E-state index in [1.807, 2.05) is 6.92 Å². The van der Waals surface area contributed by atoms with E-state index in [-0.39, 0.29) is 0 Å². The van der Waals surface area contributed by atoms with Gasteiger partial charge < -0.3 is 5.73 Å². The molecule has 0 spiro atoms. The number of hydrogen-bond acceptors (Lipinski definition) is 3. The van der Waals surface area contributed by atoms with E-state index in [1.54, 1.807) is 18.2 Å². The number of nitrogens with one attached hydrogen (secondary N) is 1. The number of aromatic amines is 1. The number of aromatic nitrogens is 3. The topological polar surface area (TPSA) is 67.6 Å². The van der Waals surface area contributed by atoms with Gasteiger partial charge in [0.25, 0.3) is 0 Å². The third-order valence-electron chi connectivity index (χ3n) is 1.78. The normalized spacial score (nSPS) is 10.4. The van der Waals surface area contributed by atoms with E-state index in [2.05, 4.69) is 15.2 Å². The Hall–Kier alpha value is -1.55. The van der Waals surface area contributed by atoms with Crippen LogP contribution in [0.3, 0.4) is 0 Å². The Morgan fingerprint density at radius 2 is 2.14 bits per heavy atom. The summed E-state index contributed by atoms with van der Waals surface area (Å²) in [5.41, 5.74) is 7.08.